The van der Waals surface area contributed by atoms with Gasteiger partial charge in [-0.3, -0.25) is 18.9 Å². The number of rotatable bonds is 12. The highest BCUT2D eigenvalue weighted by molar-refractivity contribution is 7.48. The van der Waals surface area contributed by atoms with Gasteiger partial charge in [-0.15, -0.1) is 6.42 Å². The highest BCUT2D eigenvalue weighted by atomic mass is 31.2. The topological polar surface area (TPSA) is 180 Å². The number of phosphoric acid groups is 1. The smallest absolute Gasteiger partial charge is 0.432 e. The number of hydrogen-bond acceptors (Lipinski definition) is 13. The predicted octanol–water partition coefficient (Wildman–Crippen LogP) is 2.57. The normalized spacial score (nSPS) is 21.2. The third-order valence-electron chi connectivity index (χ3n) is 4.42. The van der Waals surface area contributed by atoms with E-state index in [2.05, 4.69) is 15.4 Å². The number of hydrogen-bond donors (Lipinski definition) is 1. The first-order valence-corrected chi connectivity index (χ1v) is 12.6. The fraction of sp³-hybridized carbons (Fsp3) is 0.619. The molecule has 1 aromatic heterocycles. The Bertz CT molecular complexity index is 1140. The zero-order chi connectivity index (χ0) is 28.5. The van der Waals surface area contributed by atoms with Crippen molar-refractivity contribution in [2.45, 2.75) is 58.4 Å². The molecule has 15 nitrogen and oxygen atoms in total. The van der Waals surface area contributed by atoms with Crippen molar-refractivity contribution in [3.05, 3.63) is 33.1 Å². The molecule has 1 fully saturated rings. The number of nitrogens with zero attached hydrogens (tertiary/aromatic N) is 1. The lowest BCUT2D eigenvalue weighted by Crippen LogP contribution is -2.34. The molecule has 1 aliphatic heterocycles. The Kier molecular flexibility index (Phi) is 11.0. The predicted molar refractivity (Wildman–Crippen MR) is 123 cm³/mol. The molecule has 1 aliphatic rings. The summed E-state index contributed by atoms with van der Waals surface area (Å²) in [5.74, 6) is -1.43. The van der Waals surface area contributed by atoms with Gasteiger partial charge < -0.3 is 23.7 Å². The number of nitrogens with one attached hydrogen (secondary N) is 1. The Morgan fingerprint density at radius 2 is 1.71 bits per heavy atom. The van der Waals surface area contributed by atoms with Gasteiger partial charge in [0.2, 0.25) is 19.4 Å². The number of aromatic nitrogens is 2. The van der Waals surface area contributed by atoms with Crippen molar-refractivity contribution in [1.82, 2.24) is 9.55 Å². The van der Waals surface area contributed by atoms with Gasteiger partial charge in [0.25, 0.3) is 5.56 Å². The van der Waals surface area contributed by atoms with Gasteiger partial charge in [0.1, 0.15) is 6.61 Å². The molecule has 2 heterocycles. The van der Waals surface area contributed by atoms with E-state index in [0.29, 0.717) is 0 Å². The van der Waals surface area contributed by atoms with Gasteiger partial charge in [0.15, 0.2) is 6.23 Å². The van der Waals surface area contributed by atoms with E-state index in [4.69, 9.17) is 34.2 Å². The Hall–Kier alpha value is -3.22. The van der Waals surface area contributed by atoms with Gasteiger partial charge in [0, 0.05) is 18.7 Å². The molecule has 3 atom stereocenters. The minimum atomic E-state index is -4.78. The molecule has 1 aromatic rings. The van der Waals surface area contributed by atoms with Crippen molar-refractivity contribution in [2.24, 2.45) is 5.92 Å². The molecule has 2 rings (SSSR count). The standard InChI is InChI=1S/C21H28FN2O13P/c1-6-15-9-21(22,37-17(15)24-8-7-16(25)23-18(24)26)10-32-38(29,33-11-30-19(27)35-13(2)3)34-12-31-20(28)36-14(4)5/h1,7-8,13-15,17H,9-12H2,2-5H3,(H,23,25,26). The maximum Gasteiger partial charge on any atom is 0.510 e. The highest BCUT2D eigenvalue weighted by Crippen LogP contribution is 2.52. The van der Waals surface area contributed by atoms with E-state index in [1.54, 1.807) is 27.7 Å². The van der Waals surface area contributed by atoms with Crippen LogP contribution in [-0.2, 0) is 41.8 Å². The summed E-state index contributed by atoms with van der Waals surface area (Å²) in [6, 6.07) is 1.01. The molecule has 1 N–H and O–H groups in total. The molecular formula is C21H28FN2O13P. The fourth-order valence-corrected chi connectivity index (χ4v) is 3.84. The number of aromatic amines is 1. The van der Waals surface area contributed by atoms with Crippen molar-refractivity contribution in [1.29, 1.82) is 0 Å². The highest BCUT2D eigenvalue weighted by Gasteiger charge is 2.49. The zero-order valence-corrected chi connectivity index (χ0v) is 21.8. The quantitative estimate of drug-likeness (QED) is 0.169. The molecule has 0 amide bonds. The minimum absolute atomic E-state index is 0.520. The monoisotopic (exact) mass is 566 g/mol. The largest absolute Gasteiger partial charge is 0.510 e. The summed E-state index contributed by atoms with van der Waals surface area (Å²) in [6.45, 7) is 3.06. The third-order valence-corrected chi connectivity index (χ3v) is 5.71. The number of carbonyl (C=O) groups excluding carboxylic acids is 2. The lowest BCUT2D eigenvalue weighted by molar-refractivity contribution is -0.178. The Morgan fingerprint density at radius 3 is 2.18 bits per heavy atom. The molecule has 0 aliphatic carbocycles. The van der Waals surface area contributed by atoms with Crippen LogP contribution >= 0.6 is 7.82 Å². The van der Waals surface area contributed by atoms with E-state index in [9.17, 15) is 23.7 Å². The van der Waals surface area contributed by atoms with Crippen molar-refractivity contribution in [2.75, 3.05) is 20.2 Å². The number of H-pyrrole nitrogens is 1. The molecule has 0 spiro atoms. The number of alkyl halides is 1. The summed E-state index contributed by atoms with van der Waals surface area (Å²) >= 11 is 0. The first-order valence-electron chi connectivity index (χ1n) is 11.1. The summed E-state index contributed by atoms with van der Waals surface area (Å²) in [5, 5.41) is 0. The second-order valence-corrected chi connectivity index (χ2v) is 9.89. The van der Waals surface area contributed by atoms with Crippen LogP contribution in [0.15, 0.2) is 21.9 Å². The number of halogens is 1. The summed E-state index contributed by atoms with van der Waals surface area (Å²) in [7, 11) is -4.78. The molecule has 0 saturated carbocycles. The first-order chi connectivity index (χ1) is 17.8. The van der Waals surface area contributed by atoms with Crippen LogP contribution in [-0.4, -0.2) is 60.1 Å². The van der Waals surface area contributed by atoms with Crippen molar-refractivity contribution in [3.63, 3.8) is 0 Å². The average Bonchev–Trinajstić information content (AvgIpc) is 3.14. The number of carbonyl (C=O) groups is 2. The minimum Gasteiger partial charge on any atom is -0.432 e. The molecule has 0 radical (unpaired) electrons. The van der Waals surface area contributed by atoms with Crippen molar-refractivity contribution >= 4 is 20.1 Å². The zero-order valence-electron chi connectivity index (χ0n) is 20.9. The van der Waals surface area contributed by atoms with Gasteiger partial charge in [-0.2, -0.15) is 0 Å². The van der Waals surface area contributed by atoms with Gasteiger partial charge in [-0.25, -0.2) is 32.4 Å². The van der Waals surface area contributed by atoms with E-state index in [1.165, 1.54) is 0 Å². The molecule has 3 unspecified atom stereocenters. The maximum atomic E-state index is 15.5. The van der Waals surface area contributed by atoms with Crippen LogP contribution in [0.25, 0.3) is 0 Å². The lowest BCUT2D eigenvalue weighted by Gasteiger charge is -2.24. The van der Waals surface area contributed by atoms with Gasteiger partial charge >= 0.3 is 25.8 Å². The molecule has 17 heteroatoms. The van der Waals surface area contributed by atoms with Crippen LogP contribution in [0.4, 0.5) is 14.0 Å². The van der Waals surface area contributed by atoms with Crippen LogP contribution in [0, 0.1) is 18.3 Å². The van der Waals surface area contributed by atoms with Crippen LogP contribution < -0.4 is 11.2 Å². The van der Waals surface area contributed by atoms with Crippen LogP contribution in [0.5, 0.6) is 0 Å². The summed E-state index contributed by atoms with van der Waals surface area (Å²) in [6.07, 6.45) is 1.26. The van der Waals surface area contributed by atoms with Gasteiger partial charge in [-0.1, -0.05) is 5.92 Å². The molecular weight excluding hydrogens is 538 g/mol. The van der Waals surface area contributed by atoms with Crippen LogP contribution in [0.2, 0.25) is 0 Å². The van der Waals surface area contributed by atoms with E-state index < -0.39 is 88.2 Å². The summed E-state index contributed by atoms with van der Waals surface area (Å²) in [5.41, 5.74) is -1.59. The fourth-order valence-electron chi connectivity index (χ4n) is 2.91. The first kappa shape index (κ1) is 31.0. The van der Waals surface area contributed by atoms with Gasteiger partial charge in [-0.05, 0) is 27.7 Å². The van der Waals surface area contributed by atoms with Crippen LogP contribution in [0.1, 0.15) is 40.3 Å². The Labute approximate surface area is 216 Å². The second-order valence-electron chi connectivity index (χ2n) is 8.22. The van der Waals surface area contributed by atoms with E-state index in [1.807, 2.05) is 4.98 Å². The lowest BCUT2D eigenvalue weighted by atomic mass is 10.0. The third kappa shape index (κ3) is 9.58. The molecule has 0 aromatic carbocycles. The number of phosphoric ester groups is 1. The van der Waals surface area contributed by atoms with Crippen LogP contribution in [0.3, 0.4) is 0 Å². The second kappa shape index (κ2) is 13.5. The molecule has 1 saturated heterocycles. The van der Waals surface area contributed by atoms with Gasteiger partial charge in [0.05, 0.1) is 18.1 Å². The molecule has 38 heavy (non-hydrogen) atoms. The summed E-state index contributed by atoms with van der Waals surface area (Å²) < 4.78 is 68.0. The average molecular weight is 566 g/mol. The number of terminal acetylenes is 1. The maximum absolute atomic E-state index is 15.5. The van der Waals surface area contributed by atoms with E-state index in [-0.39, 0.29) is 0 Å². The SMILES string of the molecule is C#CC1CC(F)(COP(=O)(OCOC(=O)OC(C)C)OCOC(=O)OC(C)C)OC1n1ccc(=O)[nH]c1=O. The molecule has 212 valence electrons. The van der Waals surface area contributed by atoms with Crippen molar-refractivity contribution < 1.29 is 55.8 Å². The molecule has 0 bridgehead atoms. The Morgan fingerprint density at radius 1 is 1.16 bits per heavy atom. The van der Waals surface area contributed by atoms with Crippen molar-refractivity contribution in [3.8, 4) is 12.3 Å². The summed E-state index contributed by atoms with van der Waals surface area (Å²) in [4.78, 5) is 48.5. The van der Waals surface area contributed by atoms with E-state index in [0.717, 1.165) is 16.8 Å². The van der Waals surface area contributed by atoms with E-state index >= 15 is 4.39 Å². The number of ether oxygens (including phenoxy) is 5. The Balaban J connectivity index is 2.10.